The molecule has 112 valence electrons. The molecule has 0 atom stereocenters. The molecule has 5 heteroatoms. The van der Waals surface area contributed by atoms with Crippen LogP contribution in [0.5, 0.6) is 11.5 Å². The van der Waals surface area contributed by atoms with Gasteiger partial charge in [0.05, 0.1) is 0 Å². The average Bonchev–Trinajstić information content (AvgIpc) is 2.23. The molecule has 0 heterocycles. The number of rotatable bonds is 4. The first-order chi connectivity index (χ1) is 9.73. The fraction of sp³-hybridized carbons (Fsp3) is 0.250. The second kappa shape index (κ2) is 6.51. The molecule has 0 bridgehead atoms. The number of aryl methyl sites for hydroxylation is 4. The predicted octanol–water partition coefficient (Wildman–Crippen LogP) is 5.15. The zero-order valence-corrected chi connectivity index (χ0v) is 15.1. The van der Waals surface area contributed by atoms with Gasteiger partial charge in [0.1, 0.15) is 6.12 Å². The lowest BCUT2D eigenvalue weighted by Gasteiger charge is -2.34. The molecule has 0 spiro atoms. The Hall–Kier alpha value is -0.830. The Bertz CT molecular complexity index is 561. The van der Waals surface area contributed by atoms with Crippen molar-refractivity contribution in [2.24, 2.45) is 0 Å². The van der Waals surface area contributed by atoms with E-state index in [9.17, 15) is 0 Å². The van der Waals surface area contributed by atoms with E-state index in [1.807, 2.05) is 52.0 Å². The van der Waals surface area contributed by atoms with Gasteiger partial charge in [-0.05, 0) is 74.2 Å². The van der Waals surface area contributed by atoms with Gasteiger partial charge in [-0.2, -0.15) is 0 Å². The molecule has 2 aromatic rings. The molecule has 2 rings (SSSR count). The lowest BCUT2D eigenvalue weighted by molar-refractivity contribution is 0.503. The van der Waals surface area contributed by atoms with Crippen molar-refractivity contribution in [3.05, 3.63) is 58.7 Å². The summed E-state index contributed by atoms with van der Waals surface area (Å²) < 4.78 is 11.5. The second-order valence-corrected chi connectivity index (χ2v) is 10.1. The maximum absolute atomic E-state index is 5.77. The summed E-state index contributed by atoms with van der Waals surface area (Å²) in [5, 5.41) is 0. The molecule has 0 saturated carbocycles. The van der Waals surface area contributed by atoms with E-state index in [1.165, 1.54) is 0 Å². The monoisotopic (exact) mass is 337 g/mol. The lowest BCUT2D eigenvalue weighted by atomic mass is 10.1. The molecule has 0 saturated heterocycles. The third kappa shape index (κ3) is 5.14. The summed E-state index contributed by atoms with van der Waals surface area (Å²) in [5.41, 5.74) is 4.45. The maximum Gasteiger partial charge on any atom is 0.173 e. The van der Waals surface area contributed by atoms with E-state index in [-0.39, 0.29) is 0 Å². The van der Waals surface area contributed by atoms with Crippen LogP contribution in [0.15, 0.2) is 36.4 Å². The fourth-order valence-electron chi connectivity index (χ4n) is 2.25. The molecule has 21 heavy (non-hydrogen) atoms. The van der Waals surface area contributed by atoms with Crippen LogP contribution in [0.2, 0.25) is 0 Å². The molecule has 0 radical (unpaired) electrons. The average molecular weight is 337 g/mol. The summed E-state index contributed by atoms with van der Waals surface area (Å²) >= 11 is 10.7. The zero-order chi connectivity index (χ0) is 15.6. The van der Waals surface area contributed by atoms with Crippen LogP contribution in [-0.2, 0) is 24.5 Å². The first-order valence-corrected chi connectivity index (χ1v) is 10.3. The molecule has 0 aliphatic carbocycles. The SMILES string of the molecule is Cc1cc(C)cc(O[P+]([S-])([S-])Oc2cc(C)cc(C)c2)c1. The topological polar surface area (TPSA) is 18.5 Å². The summed E-state index contributed by atoms with van der Waals surface area (Å²) in [4.78, 5) is 0. The normalized spacial score (nSPS) is 11.3. The Morgan fingerprint density at radius 1 is 0.619 bits per heavy atom. The van der Waals surface area contributed by atoms with Gasteiger partial charge in [-0.1, -0.05) is 12.1 Å². The first kappa shape index (κ1) is 16.5. The Kier molecular flexibility index (Phi) is 5.13. The van der Waals surface area contributed by atoms with Crippen molar-refractivity contribution in [3.8, 4) is 11.5 Å². The van der Waals surface area contributed by atoms with E-state index in [0.29, 0.717) is 11.5 Å². The number of benzene rings is 2. The van der Waals surface area contributed by atoms with E-state index in [2.05, 4.69) is 12.1 Å². The lowest BCUT2D eigenvalue weighted by Crippen LogP contribution is -2.04. The van der Waals surface area contributed by atoms with E-state index >= 15 is 0 Å². The summed E-state index contributed by atoms with van der Waals surface area (Å²) in [6, 6.07) is 11.8. The Morgan fingerprint density at radius 2 is 0.905 bits per heavy atom. The van der Waals surface area contributed by atoms with Crippen molar-refractivity contribution in [2.75, 3.05) is 0 Å². The van der Waals surface area contributed by atoms with Crippen molar-refractivity contribution < 1.29 is 9.05 Å². The van der Waals surface area contributed by atoms with Crippen LogP contribution >= 0.6 is 6.12 Å². The van der Waals surface area contributed by atoms with Gasteiger partial charge < -0.3 is 33.5 Å². The third-order valence-electron chi connectivity index (χ3n) is 2.82. The van der Waals surface area contributed by atoms with E-state index in [0.717, 1.165) is 22.3 Å². The van der Waals surface area contributed by atoms with Crippen LogP contribution in [0, 0.1) is 27.7 Å². The van der Waals surface area contributed by atoms with Gasteiger partial charge in [0, 0.05) is 0 Å². The highest BCUT2D eigenvalue weighted by Gasteiger charge is 2.15. The molecule has 0 fully saturated rings. The standard InChI is InChI=1S/C16H19O2PS2/c1-11-5-12(2)8-15(7-11)17-19(20,21)18-16-9-13(3)6-14(4)10-16/h5-10H,1-4H3,(H,20,21)/p-1. The van der Waals surface area contributed by atoms with Crippen molar-refractivity contribution >= 4 is 30.6 Å². The summed E-state index contributed by atoms with van der Waals surface area (Å²) in [7, 11) is 0. The van der Waals surface area contributed by atoms with E-state index in [4.69, 9.17) is 33.5 Å². The second-order valence-electron chi connectivity index (χ2n) is 5.28. The Balaban J connectivity index is 2.17. The molecule has 2 aromatic carbocycles. The van der Waals surface area contributed by atoms with Crippen LogP contribution in [0.4, 0.5) is 0 Å². The molecular weight excluding hydrogens is 319 g/mol. The quantitative estimate of drug-likeness (QED) is 0.567. The third-order valence-corrected chi connectivity index (χ3v) is 4.59. The Labute approximate surface area is 137 Å². The molecule has 2 nitrogen and oxygen atoms in total. The molecule has 0 aromatic heterocycles. The molecule has 0 N–H and O–H groups in total. The fourth-order valence-corrected chi connectivity index (χ4v) is 4.05. The highest BCUT2D eigenvalue weighted by molar-refractivity contribution is 8.70. The van der Waals surface area contributed by atoms with Gasteiger partial charge in [0.2, 0.25) is 0 Å². The highest BCUT2D eigenvalue weighted by Crippen LogP contribution is 2.56. The highest BCUT2D eigenvalue weighted by atomic mass is 33.1. The van der Waals surface area contributed by atoms with Crippen LogP contribution in [0.1, 0.15) is 22.3 Å². The number of hydrogen-bond donors (Lipinski definition) is 0. The van der Waals surface area contributed by atoms with Crippen LogP contribution in [-0.4, -0.2) is 0 Å². The van der Waals surface area contributed by atoms with Crippen molar-refractivity contribution in [1.29, 1.82) is 0 Å². The Morgan fingerprint density at radius 3 is 1.19 bits per heavy atom. The summed E-state index contributed by atoms with van der Waals surface area (Å²) in [5.74, 6) is 1.35. The van der Waals surface area contributed by atoms with Gasteiger partial charge in [-0.15, -0.1) is 0 Å². The summed E-state index contributed by atoms with van der Waals surface area (Å²) in [6.07, 6.45) is -2.80. The van der Waals surface area contributed by atoms with Crippen molar-refractivity contribution in [2.45, 2.75) is 27.7 Å². The minimum Gasteiger partial charge on any atom is -0.496 e. The van der Waals surface area contributed by atoms with E-state index < -0.39 is 6.12 Å². The minimum atomic E-state index is -2.80. The first-order valence-electron chi connectivity index (χ1n) is 6.60. The minimum absolute atomic E-state index is 0.676. The summed E-state index contributed by atoms with van der Waals surface area (Å²) in [6.45, 7) is 8.05. The van der Waals surface area contributed by atoms with Crippen LogP contribution < -0.4 is 9.05 Å². The molecule has 0 unspecified atom stereocenters. The van der Waals surface area contributed by atoms with Crippen molar-refractivity contribution in [3.63, 3.8) is 0 Å². The molecule has 0 amide bonds. The van der Waals surface area contributed by atoms with E-state index in [1.54, 1.807) is 0 Å². The van der Waals surface area contributed by atoms with Crippen molar-refractivity contribution in [1.82, 2.24) is 0 Å². The van der Waals surface area contributed by atoms with Gasteiger partial charge >= 0.3 is 0 Å². The van der Waals surface area contributed by atoms with Crippen LogP contribution in [0.25, 0.3) is 0 Å². The predicted molar refractivity (Wildman–Crippen MR) is 94.7 cm³/mol. The maximum atomic E-state index is 5.77. The largest absolute Gasteiger partial charge is 0.496 e. The molecule has 0 aliphatic heterocycles. The molecule has 0 aliphatic rings. The van der Waals surface area contributed by atoms with Gasteiger partial charge in [-0.3, -0.25) is 0 Å². The number of hydrogen-bond acceptors (Lipinski definition) is 4. The van der Waals surface area contributed by atoms with Gasteiger partial charge in [0.15, 0.2) is 11.5 Å². The van der Waals surface area contributed by atoms with Gasteiger partial charge in [-0.25, -0.2) is 0 Å². The smallest absolute Gasteiger partial charge is 0.173 e. The van der Waals surface area contributed by atoms with Crippen LogP contribution in [0.3, 0.4) is 0 Å². The zero-order valence-electron chi connectivity index (χ0n) is 12.5. The van der Waals surface area contributed by atoms with Gasteiger partial charge in [0.25, 0.3) is 0 Å². The molecular formula is C16H18O2PS2-.